The molecule has 3 aromatic heterocycles. The van der Waals surface area contributed by atoms with Crippen LogP contribution in [0.25, 0.3) is 22.2 Å². The van der Waals surface area contributed by atoms with Gasteiger partial charge in [-0.15, -0.1) is 0 Å². The Hall–Kier alpha value is -3.15. The molecule has 7 nitrogen and oxygen atoms in total. The summed E-state index contributed by atoms with van der Waals surface area (Å²) in [6.45, 7) is 9.61. The van der Waals surface area contributed by atoms with Crippen LogP contribution in [0.5, 0.6) is 0 Å². The van der Waals surface area contributed by atoms with Gasteiger partial charge < -0.3 is 9.31 Å². The molecule has 1 aliphatic rings. The first-order valence-corrected chi connectivity index (χ1v) is 13.2. The molecule has 0 aliphatic carbocycles. The van der Waals surface area contributed by atoms with Crippen molar-refractivity contribution in [2.45, 2.75) is 57.1 Å². The van der Waals surface area contributed by atoms with Gasteiger partial charge in [-0.1, -0.05) is 23.8 Å². The van der Waals surface area contributed by atoms with Crippen molar-refractivity contribution in [3.8, 4) is 11.1 Å². The second-order valence-corrected chi connectivity index (χ2v) is 12.0. The quantitative estimate of drug-likeness (QED) is 0.346. The minimum absolute atomic E-state index is 0.101. The summed E-state index contributed by atoms with van der Waals surface area (Å²) < 4.78 is 66.9. The Labute approximate surface area is 214 Å². The zero-order valence-electron chi connectivity index (χ0n) is 21.1. The van der Waals surface area contributed by atoms with Gasteiger partial charge in [0, 0.05) is 40.6 Å². The van der Waals surface area contributed by atoms with Crippen molar-refractivity contribution in [1.29, 1.82) is 0 Å². The Morgan fingerprint density at radius 1 is 0.946 bits per heavy atom. The lowest BCUT2D eigenvalue weighted by Gasteiger charge is -2.32. The molecule has 1 aliphatic heterocycles. The first-order chi connectivity index (χ1) is 17.3. The Kier molecular flexibility index (Phi) is 6.01. The Balaban J connectivity index is 1.69. The molecule has 1 aromatic carbocycles. The summed E-state index contributed by atoms with van der Waals surface area (Å²) in [6, 6.07) is 11.0. The van der Waals surface area contributed by atoms with Gasteiger partial charge in [0.2, 0.25) is 0 Å². The lowest BCUT2D eigenvalue weighted by molar-refractivity contribution is 0.00578. The molecule has 0 amide bonds. The van der Waals surface area contributed by atoms with Crippen LogP contribution in [-0.2, 0) is 19.3 Å². The van der Waals surface area contributed by atoms with Crippen LogP contribution in [0, 0.1) is 6.92 Å². The number of pyridine rings is 2. The summed E-state index contributed by atoms with van der Waals surface area (Å²) in [7, 11) is -4.73. The smallest absolute Gasteiger partial charge is 0.399 e. The topological polar surface area (TPSA) is 83.3 Å². The third kappa shape index (κ3) is 4.34. The number of rotatable bonds is 5. The number of benzene rings is 1. The maximum absolute atomic E-state index is 13.6. The van der Waals surface area contributed by atoms with Crippen LogP contribution in [0.4, 0.5) is 8.78 Å². The highest BCUT2D eigenvalue weighted by atomic mass is 32.2. The number of aromatic nitrogens is 3. The number of halogens is 2. The van der Waals surface area contributed by atoms with E-state index in [0.29, 0.717) is 22.0 Å². The number of aryl methyl sites for hydroxylation is 1. The SMILES string of the molecule is Cc1ccc(S(=O)(=O)n2cc(-c3ccc(C(F)F)nc3)c3cc(B4OC(C)(C)C(C)(C)O4)cnc32)cc1. The van der Waals surface area contributed by atoms with Gasteiger partial charge in [-0.25, -0.2) is 26.2 Å². The molecule has 4 aromatic rings. The van der Waals surface area contributed by atoms with Gasteiger partial charge in [0.25, 0.3) is 16.4 Å². The largest absolute Gasteiger partial charge is 0.496 e. The minimum Gasteiger partial charge on any atom is -0.399 e. The number of hydrogen-bond donors (Lipinski definition) is 0. The fourth-order valence-electron chi connectivity index (χ4n) is 4.13. The Morgan fingerprint density at radius 3 is 2.16 bits per heavy atom. The summed E-state index contributed by atoms with van der Waals surface area (Å²) in [6.07, 6.45) is 1.57. The second kappa shape index (κ2) is 8.71. The molecular weight excluding hydrogens is 499 g/mol. The molecule has 192 valence electrons. The molecular formula is C26H26BF2N3O4S. The first-order valence-electron chi connectivity index (χ1n) is 11.7. The molecule has 4 heterocycles. The standard InChI is InChI=1S/C26H26BF2N3O4S/c1-16-6-9-19(10-7-16)37(33,34)32-15-21(17-8-11-22(23(28)29)30-13-17)20-12-18(14-31-24(20)32)27-35-25(2,3)26(4,5)36-27/h6-15,23H,1-5H3. The van der Waals surface area contributed by atoms with Gasteiger partial charge in [0.05, 0.1) is 16.1 Å². The van der Waals surface area contributed by atoms with Crippen LogP contribution in [0.15, 0.2) is 66.0 Å². The average Bonchev–Trinajstić information content (AvgIpc) is 3.33. The van der Waals surface area contributed by atoms with E-state index < -0.39 is 34.8 Å². The summed E-state index contributed by atoms with van der Waals surface area (Å²) in [5.41, 5.74) is 1.15. The van der Waals surface area contributed by atoms with Crippen molar-refractivity contribution in [2.24, 2.45) is 0 Å². The van der Waals surface area contributed by atoms with E-state index in [1.165, 1.54) is 42.9 Å². The third-order valence-electron chi connectivity index (χ3n) is 7.06. The first kappa shape index (κ1) is 25.5. The monoisotopic (exact) mass is 525 g/mol. The minimum atomic E-state index is -4.01. The molecule has 0 saturated carbocycles. The van der Waals surface area contributed by atoms with Gasteiger partial charge in [-0.2, -0.15) is 0 Å². The van der Waals surface area contributed by atoms with Gasteiger partial charge in [-0.3, -0.25) is 4.98 Å². The van der Waals surface area contributed by atoms with Crippen molar-refractivity contribution in [3.05, 3.63) is 72.3 Å². The average molecular weight is 525 g/mol. The van der Waals surface area contributed by atoms with Crippen molar-refractivity contribution in [1.82, 2.24) is 13.9 Å². The van der Waals surface area contributed by atoms with E-state index in [0.717, 1.165) is 9.54 Å². The molecule has 11 heteroatoms. The van der Waals surface area contributed by atoms with E-state index in [1.54, 1.807) is 18.2 Å². The zero-order chi connectivity index (χ0) is 26.8. The number of fused-ring (bicyclic) bond motifs is 1. The van der Waals surface area contributed by atoms with Crippen molar-refractivity contribution < 1.29 is 26.5 Å². The van der Waals surface area contributed by atoms with E-state index in [4.69, 9.17) is 9.31 Å². The normalized spacial score (nSPS) is 17.1. The van der Waals surface area contributed by atoms with Crippen molar-refractivity contribution in [2.75, 3.05) is 0 Å². The molecule has 37 heavy (non-hydrogen) atoms. The van der Waals surface area contributed by atoms with Gasteiger partial charge in [0.15, 0.2) is 5.65 Å². The molecule has 0 N–H and O–H groups in total. The Bertz CT molecular complexity index is 1570. The van der Waals surface area contributed by atoms with E-state index >= 15 is 0 Å². The molecule has 0 spiro atoms. The third-order valence-corrected chi connectivity index (χ3v) is 8.72. The fraction of sp³-hybridized carbons (Fsp3) is 0.308. The second-order valence-electron chi connectivity index (χ2n) is 10.2. The highest BCUT2D eigenvalue weighted by Crippen LogP contribution is 2.37. The summed E-state index contributed by atoms with van der Waals surface area (Å²) >= 11 is 0. The lowest BCUT2D eigenvalue weighted by atomic mass is 9.79. The predicted molar refractivity (Wildman–Crippen MR) is 137 cm³/mol. The molecule has 1 fully saturated rings. The van der Waals surface area contributed by atoms with E-state index in [9.17, 15) is 17.2 Å². The lowest BCUT2D eigenvalue weighted by Crippen LogP contribution is -2.41. The maximum atomic E-state index is 13.6. The van der Waals surface area contributed by atoms with E-state index in [1.807, 2.05) is 34.6 Å². The number of hydrogen-bond acceptors (Lipinski definition) is 6. The highest BCUT2D eigenvalue weighted by molar-refractivity contribution is 7.90. The number of nitrogens with zero attached hydrogens (tertiary/aromatic N) is 3. The molecule has 0 atom stereocenters. The fourth-order valence-corrected chi connectivity index (χ4v) is 5.46. The van der Waals surface area contributed by atoms with Crippen molar-refractivity contribution in [3.63, 3.8) is 0 Å². The Morgan fingerprint density at radius 2 is 1.59 bits per heavy atom. The van der Waals surface area contributed by atoms with Gasteiger partial charge in [-0.05, 0) is 58.9 Å². The summed E-state index contributed by atoms with van der Waals surface area (Å²) in [5, 5.41) is 0.495. The van der Waals surface area contributed by atoms with Gasteiger partial charge in [0.1, 0.15) is 5.69 Å². The van der Waals surface area contributed by atoms with E-state index in [-0.39, 0.29) is 16.2 Å². The predicted octanol–water partition coefficient (Wildman–Crippen LogP) is 4.88. The molecule has 5 rings (SSSR count). The zero-order valence-corrected chi connectivity index (χ0v) is 21.9. The molecule has 1 saturated heterocycles. The summed E-state index contributed by atoms with van der Waals surface area (Å²) in [5.74, 6) is 0. The van der Waals surface area contributed by atoms with Crippen LogP contribution >= 0.6 is 0 Å². The van der Waals surface area contributed by atoms with Crippen LogP contribution in [0.1, 0.15) is 45.4 Å². The highest BCUT2D eigenvalue weighted by Gasteiger charge is 2.52. The molecule has 0 bridgehead atoms. The van der Waals surface area contributed by atoms with Crippen LogP contribution in [0.2, 0.25) is 0 Å². The van der Waals surface area contributed by atoms with E-state index in [2.05, 4.69) is 9.97 Å². The molecule has 0 unspecified atom stereocenters. The van der Waals surface area contributed by atoms with Crippen LogP contribution in [-0.4, -0.2) is 40.7 Å². The summed E-state index contributed by atoms with van der Waals surface area (Å²) in [4.78, 5) is 8.47. The molecule has 0 radical (unpaired) electrons. The van der Waals surface area contributed by atoms with Gasteiger partial charge >= 0.3 is 7.12 Å². The van der Waals surface area contributed by atoms with Crippen molar-refractivity contribution >= 4 is 33.6 Å². The van der Waals surface area contributed by atoms with Crippen LogP contribution in [0.3, 0.4) is 0 Å². The number of alkyl halides is 2. The van der Waals surface area contributed by atoms with Crippen LogP contribution < -0.4 is 5.46 Å². The maximum Gasteiger partial charge on any atom is 0.496 e.